The Hall–Kier alpha value is -0.830. The third-order valence-electron chi connectivity index (χ3n) is 2.70. The lowest BCUT2D eigenvalue weighted by molar-refractivity contribution is -0.116. The lowest BCUT2D eigenvalue weighted by Crippen LogP contribution is -2.03. The zero-order valence-corrected chi connectivity index (χ0v) is 11.7. The molecule has 3 heteroatoms. The smallest absolute Gasteiger partial charge is 0.134 e. The molecule has 0 saturated heterocycles. The fraction of sp³-hybridized carbons (Fsp3) is 0.462. The van der Waals surface area contributed by atoms with Gasteiger partial charge in [-0.15, -0.1) is 0 Å². The van der Waals surface area contributed by atoms with E-state index in [-0.39, 0.29) is 23.9 Å². The van der Waals surface area contributed by atoms with Gasteiger partial charge in [-0.1, -0.05) is 29.8 Å². The van der Waals surface area contributed by atoms with Crippen LogP contribution in [0.3, 0.4) is 0 Å². The molecule has 0 aliphatic rings. The number of carbonyl (C=O) groups is 1. The molecule has 2 nitrogen and oxygen atoms in total. The van der Waals surface area contributed by atoms with Crippen molar-refractivity contribution >= 4 is 21.7 Å². The van der Waals surface area contributed by atoms with Crippen molar-refractivity contribution in [2.75, 3.05) is 0 Å². The van der Waals surface area contributed by atoms with E-state index in [1.165, 1.54) is 6.92 Å². The van der Waals surface area contributed by atoms with E-state index in [1.807, 2.05) is 26.8 Å². The van der Waals surface area contributed by atoms with Crippen molar-refractivity contribution in [1.82, 2.24) is 0 Å². The number of phenols is 1. The lowest BCUT2D eigenvalue weighted by Gasteiger charge is -2.16. The summed E-state index contributed by atoms with van der Waals surface area (Å²) in [4.78, 5) is 11.2. The topological polar surface area (TPSA) is 37.3 Å². The van der Waals surface area contributed by atoms with Crippen LogP contribution in [0.1, 0.15) is 43.4 Å². The van der Waals surface area contributed by atoms with E-state index in [4.69, 9.17) is 0 Å². The van der Waals surface area contributed by atoms with Crippen molar-refractivity contribution in [2.45, 2.75) is 40.0 Å². The number of benzene rings is 1. The van der Waals surface area contributed by atoms with Gasteiger partial charge < -0.3 is 5.11 Å². The Bertz CT molecular complexity index is 422. The lowest BCUT2D eigenvalue weighted by atomic mass is 9.94. The maximum absolute atomic E-state index is 11.2. The molecule has 1 aromatic rings. The highest BCUT2D eigenvalue weighted by molar-refractivity contribution is 9.10. The molecule has 0 atom stereocenters. The molecule has 1 rings (SSSR count). The molecule has 0 saturated carbocycles. The van der Waals surface area contributed by atoms with Gasteiger partial charge in [-0.25, -0.2) is 0 Å². The summed E-state index contributed by atoms with van der Waals surface area (Å²) in [6.45, 7) is 7.49. The number of aromatic hydroxyl groups is 1. The molecule has 1 N–H and O–H groups in total. The minimum Gasteiger partial charge on any atom is -0.507 e. The third kappa shape index (κ3) is 2.64. The SMILES string of the molecule is CC(=O)Cc1c(C)c(Br)cc(C(C)C)c1O. The normalized spacial score (nSPS) is 10.9. The van der Waals surface area contributed by atoms with Crippen LogP contribution < -0.4 is 0 Å². The van der Waals surface area contributed by atoms with Gasteiger partial charge in [0.05, 0.1) is 0 Å². The maximum atomic E-state index is 11.2. The van der Waals surface area contributed by atoms with Crippen LogP contribution in [0.2, 0.25) is 0 Å². The van der Waals surface area contributed by atoms with Crippen molar-refractivity contribution in [1.29, 1.82) is 0 Å². The summed E-state index contributed by atoms with van der Waals surface area (Å²) >= 11 is 3.47. The summed E-state index contributed by atoms with van der Waals surface area (Å²) in [5, 5.41) is 10.1. The number of Topliss-reactive ketones (excluding diaryl/α,β-unsaturated/α-hetero) is 1. The highest BCUT2D eigenvalue weighted by Gasteiger charge is 2.16. The number of hydrogen-bond acceptors (Lipinski definition) is 2. The second-order valence-electron chi connectivity index (χ2n) is 4.43. The predicted octanol–water partition coefficient (Wildman–Crippen LogP) is 3.72. The molecule has 0 aromatic heterocycles. The van der Waals surface area contributed by atoms with Crippen molar-refractivity contribution in [3.05, 3.63) is 27.2 Å². The van der Waals surface area contributed by atoms with Crippen LogP contribution in [0.4, 0.5) is 0 Å². The van der Waals surface area contributed by atoms with Crippen LogP contribution in [0.5, 0.6) is 5.75 Å². The van der Waals surface area contributed by atoms with Crippen LogP contribution in [0, 0.1) is 6.92 Å². The standard InChI is InChI=1S/C13H17BrO2/c1-7(2)10-6-12(14)9(4)11(13(10)16)5-8(3)15/h6-7,16H,5H2,1-4H3. The minimum absolute atomic E-state index is 0.0613. The average Bonchev–Trinajstić information content (AvgIpc) is 2.17. The molecule has 0 radical (unpaired) electrons. The Kier molecular flexibility index (Phi) is 4.14. The molecule has 0 heterocycles. The van der Waals surface area contributed by atoms with Crippen LogP contribution in [0.15, 0.2) is 10.5 Å². The molecule has 1 aromatic carbocycles. The van der Waals surface area contributed by atoms with Crippen molar-refractivity contribution in [3.63, 3.8) is 0 Å². The van der Waals surface area contributed by atoms with E-state index < -0.39 is 0 Å². The van der Waals surface area contributed by atoms with Gasteiger partial charge in [0.25, 0.3) is 0 Å². The van der Waals surface area contributed by atoms with Gasteiger partial charge in [-0.05, 0) is 37.0 Å². The first-order valence-corrected chi connectivity index (χ1v) is 6.14. The molecule has 0 unspecified atom stereocenters. The number of hydrogen-bond donors (Lipinski definition) is 1. The van der Waals surface area contributed by atoms with Crippen LogP contribution in [-0.2, 0) is 11.2 Å². The summed E-state index contributed by atoms with van der Waals surface area (Å²) in [7, 11) is 0. The molecule has 0 fully saturated rings. The molecular weight excluding hydrogens is 268 g/mol. The Labute approximate surface area is 105 Å². The maximum Gasteiger partial charge on any atom is 0.134 e. The Morgan fingerprint density at radius 1 is 1.50 bits per heavy atom. The number of ketones is 1. The van der Waals surface area contributed by atoms with Crippen molar-refractivity contribution in [3.8, 4) is 5.75 Å². The van der Waals surface area contributed by atoms with E-state index in [0.29, 0.717) is 0 Å². The third-order valence-corrected chi connectivity index (χ3v) is 3.52. The van der Waals surface area contributed by atoms with Gasteiger partial charge in [-0.3, -0.25) is 4.79 Å². The van der Waals surface area contributed by atoms with Crippen LogP contribution in [0.25, 0.3) is 0 Å². The summed E-state index contributed by atoms with van der Waals surface area (Å²) in [5.74, 6) is 0.569. The van der Waals surface area contributed by atoms with Gasteiger partial charge >= 0.3 is 0 Å². The zero-order chi connectivity index (χ0) is 12.5. The second-order valence-corrected chi connectivity index (χ2v) is 5.29. The molecule has 0 bridgehead atoms. The summed E-state index contributed by atoms with van der Waals surface area (Å²) in [6.07, 6.45) is 0.289. The molecule has 0 aliphatic carbocycles. The van der Waals surface area contributed by atoms with Crippen molar-refractivity contribution < 1.29 is 9.90 Å². The first-order chi connectivity index (χ1) is 7.34. The summed E-state index contributed by atoms with van der Waals surface area (Å²) in [5.41, 5.74) is 2.57. The Morgan fingerprint density at radius 3 is 2.50 bits per heavy atom. The van der Waals surface area contributed by atoms with Gasteiger partial charge in [0.15, 0.2) is 0 Å². The quantitative estimate of drug-likeness (QED) is 0.919. The molecule has 16 heavy (non-hydrogen) atoms. The molecular formula is C13H17BrO2. The zero-order valence-electron chi connectivity index (χ0n) is 10.1. The van der Waals surface area contributed by atoms with E-state index in [9.17, 15) is 9.90 Å². The van der Waals surface area contributed by atoms with Crippen LogP contribution >= 0.6 is 15.9 Å². The first-order valence-electron chi connectivity index (χ1n) is 5.34. The van der Waals surface area contributed by atoms with E-state index in [1.54, 1.807) is 0 Å². The number of halogens is 1. The molecule has 88 valence electrons. The van der Waals surface area contributed by atoms with Crippen molar-refractivity contribution in [2.24, 2.45) is 0 Å². The van der Waals surface area contributed by atoms with E-state index in [0.717, 1.165) is 21.2 Å². The fourth-order valence-electron chi connectivity index (χ4n) is 1.71. The predicted molar refractivity (Wildman–Crippen MR) is 69.0 cm³/mol. The van der Waals surface area contributed by atoms with E-state index in [2.05, 4.69) is 15.9 Å². The Balaban J connectivity index is 3.39. The van der Waals surface area contributed by atoms with Gasteiger partial charge in [-0.2, -0.15) is 0 Å². The highest BCUT2D eigenvalue weighted by Crippen LogP contribution is 2.36. The summed E-state index contributed by atoms with van der Waals surface area (Å²) in [6, 6.07) is 1.93. The fourth-order valence-corrected chi connectivity index (χ4v) is 2.20. The second kappa shape index (κ2) is 5.00. The van der Waals surface area contributed by atoms with Gasteiger partial charge in [0.2, 0.25) is 0 Å². The average molecular weight is 285 g/mol. The number of carbonyl (C=O) groups excluding carboxylic acids is 1. The summed E-state index contributed by atoms with van der Waals surface area (Å²) < 4.78 is 0.949. The monoisotopic (exact) mass is 284 g/mol. The molecule has 0 amide bonds. The Morgan fingerprint density at radius 2 is 2.06 bits per heavy atom. The largest absolute Gasteiger partial charge is 0.507 e. The number of rotatable bonds is 3. The minimum atomic E-state index is 0.0613. The van der Waals surface area contributed by atoms with Gasteiger partial charge in [0, 0.05) is 16.5 Å². The van der Waals surface area contributed by atoms with E-state index >= 15 is 0 Å². The highest BCUT2D eigenvalue weighted by atomic mass is 79.9. The number of phenolic OH excluding ortho intramolecular Hbond substituents is 1. The molecule has 0 spiro atoms. The first kappa shape index (κ1) is 13.2. The van der Waals surface area contributed by atoms with Crippen LogP contribution in [-0.4, -0.2) is 10.9 Å². The van der Waals surface area contributed by atoms with Gasteiger partial charge in [0.1, 0.15) is 11.5 Å². The molecule has 0 aliphatic heterocycles.